The molecule has 1 aliphatic heterocycles. The maximum atomic E-state index is 12.0. The van der Waals surface area contributed by atoms with Gasteiger partial charge in [0.1, 0.15) is 5.60 Å². The minimum Gasteiger partial charge on any atom is -0.444 e. The first-order valence-corrected chi connectivity index (χ1v) is 6.92. The highest BCUT2D eigenvalue weighted by Gasteiger charge is 2.30. The van der Waals surface area contributed by atoms with E-state index in [0.29, 0.717) is 13.0 Å². The number of rotatable bonds is 3. The number of piperazine rings is 1. The number of carbonyl (C=O) groups is 1. The van der Waals surface area contributed by atoms with Gasteiger partial charge in [-0.15, -0.1) is 0 Å². The van der Waals surface area contributed by atoms with Gasteiger partial charge >= 0.3 is 6.09 Å². The van der Waals surface area contributed by atoms with Crippen molar-refractivity contribution >= 4 is 6.09 Å². The molecule has 1 saturated heterocycles. The third-order valence-electron chi connectivity index (χ3n) is 3.10. The minimum atomic E-state index is -0.444. The van der Waals surface area contributed by atoms with Crippen LogP contribution < -0.4 is 0 Å². The van der Waals surface area contributed by atoms with E-state index in [-0.39, 0.29) is 12.1 Å². The first-order chi connectivity index (χ1) is 8.83. The van der Waals surface area contributed by atoms with E-state index >= 15 is 0 Å². The van der Waals surface area contributed by atoms with Crippen LogP contribution in [0.1, 0.15) is 40.5 Å². The molecule has 0 aromatic carbocycles. The fourth-order valence-corrected chi connectivity index (χ4v) is 2.21. The van der Waals surface area contributed by atoms with E-state index in [1.54, 1.807) is 4.90 Å². The topological polar surface area (TPSA) is 56.6 Å². The van der Waals surface area contributed by atoms with Crippen molar-refractivity contribution in [2.75, 3.05) is 26.2 Å². The summed E-state index contributed by atoms with van der Waals surface area (Å²) in [5.74, 6) is 0. The first-order valence-electron chi connectivity index (χ1n) is 6.92. The summed E-state index contributed by atoms with van der Waals surface area (Å²) in [7, 11) is 0. The van der Waals surface area contributed by atoms with Crippen LogP contribution in [0.3, 0.4) is 0 Å². The molecule has 0 radical (unpaired) electrons. The summed E-state index contributed by atoms with van der Waals surface area (Å²) in [4.78, 5) is 16.1. The molecule has 0 spiro atoms. The number of amides is 1. The summed E-state index contributed by atoms with van der Waals surface area (Å²) in [6.45, 7) is 11.0. The zero-order valence-electron chi connectivity index (χ0n) is 12.5. The van der Waals surface area contributed by atoms with Crippen molar-refractivity contribution in [1.29, 1.82) is 5.26 Å². The van der Waals surface area contributed by atoms with Gasteiger partial charge in [0.2, 0.25) is 0 Å². The summed E-state index contributed by atoms with van der Waals surface area (Å²) in [5, 5.41) is 8.53. The number of nitrogens with zero attached hydrogens (tertiary/aromatic N) is 3. The van der Waals surface area contributed by atoms with Crippen LogP contribution in [-0.2, 0) is 4.74 Å². The predicted octanol–water partition coefficient (Wildman–Crippen LogP) is 2.23. The highest BCUT2D eigenvalue weighted by atomic mass is 16.6. The van der Waals surface area contributed by atoms with E-state index < -0.39 is 5.60 Å². The van der Waals surface area contributed by atoms with Crippen LogP contribution >= 0.6 is 0 Å². The number of ether oxygens (including phenoxy) is 1. The Morgan fingerprint density at radius 1 is 1.42 bits per heavy atom. The van der Waals surface area contributed by atoms with Crippen LogP contribution in [-0.4, -0.2) is 53.7 Å². The Hall–Kier alpha value is -1.28. The molecular weight excluding hydrogens is 242 g/mol. The molecule has 0 aromatic rings. The molecule has 1 atom stereocenters. The van der Waals surface area contributed by atoms with Crippen molar-refractivity contribution in [3.63, 3.8) is 0 Å². The van der Waals surface area contributed by atoms with Crippen molar-refractivity contribution in [3.05, 3.63) is 0 Å². The quantitative estimate of drug-likeness (QED) is 0.736. The van der Waals surface area contributed by atoms with Gasteiger partial charge in [-0.25, -0.2) is 4.79 Å². The smallest absolute Gasteiger partial charge is 0.410 e. The molecule has 0 aromatic heterocycles. The number of carbonyl (C=O) groups excluding carboxylic acids is 1. The molecule has 0 N–H and O–H groups in total. The Labute approximate surface area is 116 Å². The van der Waals surface area contributed by atoms with Gasteiger partial charge in [-0.1, -0.05) is 0 Å². The molecule has 1 unspecified atom stereocenters. The number of unbranched alkanes of at least 4 members (excludes halogenated alkanes) is 1. The van der Waals surface area contributed by atoms with E-state index in [0.717, 1.165) is 26.1 Å². The monoisotopic (exact) mass is 267 g/mol. The van der Waals surface area contributed by atoms with Crippen LogP contribution in [0.4, 0.5) is 4.79 Å². The van der Waals surface area contributed by atoms with Crippen LogP contribution in [0, 0.1) is 11.3 Å². The Morgan fingerprint density at radius 2 is 2.11 bits per heavy atom. The van der Waals surface area contributed by atoms with E-state index in [4.69, 9.17) is 10.00 Å². The minimum absolute atomic E-state index is 0.158. The molecule has 19 heavy (non-hydrogen) atoms. The van der Waals surface area contributed by atoms with Crippen molar-refractivity contribution in [1.82, 2.24) is 9.80 Å². The second kappa shape index (κ2) is 6.76. The van der Waals surface area contributed by atoms with E-state index in [9.17, 15) is 4.79 Å². The van der Waals surface area contributed by atoms with Gasteiger partial charge in [0.05, 0.1) is 6.07 Å². The summed E-state index contributed by atoms with van der Waals surface area (Å²) < 4.78 is 5.41. The van der Waals surface area contributed by atoms with Crippen molar-refractivity contribution in [2.24, 2.45) is 0 Å². The molecule has 0 aliphatic carbocycles. The number of nitriles is 1. The average Bonchev–Trinajstić information content (AvgIpc) is 2.27. The van der Waals surface area contributed by atoms with Crippen molar-refractivity contribution in [3.8, 4) is 6.07 Å². The van der Waals surface area contributed by atoms with Crippen LogP contribution in [0.15, 0.2) is 0 Å². The van der Waals surface area contributed by atoms with Crippen LogP contribution in [0.2, 0.25) is 0 Å². The zero-order valence-corrected chi connectivity index (χ0v) is 12.5. The van der Waals surface area contributed by atoms with E-state index in [2.05, 4.69) is 11.0 Å². The Bertz CT molecular complexity index is 344. The molecule has 1 fully saturated rings. The molecule has 1 aliphatic rings. The van der Waals surface area contributed by atoms with Gasteiger partial charge in [0.15, 0.2) is 0 Å². The number of hydrogen-bond donors (Lipinski definition) is 0. The van der Waals surface area contributed by atoms with Crippen LogP contribution in [0.5, 0.6) is 0 Å². The fourth-order valence-electron chi connectivity index (χ4n) is 2.21. The molecular formula is C14H25N3O2. The Balaban J connectivity index is 2.42. The molecule has 1 rings (SSSR count). The highest BCUT2D eigenvalue weighted by Crippen LogP contribution is 2.15. The lowest BCUT2D eigenvalue weighted by Gasteiger charge is -2.40. The third kappa shape index (κ3) is 5.48. The first kappa shape index (κ1) is 15.8. The molecule has 0 saturated carbocycles. The summed E-state index contributed by atoms with van der Waals surface area (Å²) in [5.41, 5.74) is -0.444. The molecule has 108 valence electrons. The Morgan fingerprint density at radius 3 is 2.63 bits per heavy atom. The molecule has 0 bridgehead atoms. The largest absolute Gasteiger partial charge is 0.444 e. The van der Waals surface area contributed by atoms with Gasteiger partial charge in [-0.3, -0.25) is 4.90 Å². The van der Waals surface area contributed by atoms with E-state index in [1.807, 2.05) is 27.7 Å². The van der Waals surface area contributed by atoms with Crippen molar-refractivity contribution in [2.45, 2.75) is 52.2 Å². The molecule has 1 heterocycles. The number of hydrogen-bond acceptors (Lipinski definition) is 4. The summed E-state index contributed by atoms with van der Waals surface area (Å²) in [6.07, 6.45) is 1.27. The average molecular weight is 267 g/mol. The van der Waals surface area contributed by atoms with Gasteiger partial charge in [0.25, 0.3) is 0 Å². The highest BCUT2D eigenvalue weighted by molar-refractivity contribution is 5.68. The van der Waals surface area contributed by atoms with Gasteiger partial charge in [0, 0.05) is 32.1 Å². The molecule has 1 amide bonds. The fraction of sp³-hybridized carbons (Fsp3) is 0.857. The predicted molar refractivity (Wildman–Crippen MR) is 73.7 cm³/mol. The molecule has 5 nitrogen and oxygen atoms in total. The second-order valence-corrected chi connectivity index (χ2v) is 6.09. The van der Waals surface area contributed by atoms with Gasteiger partial charge in [-0.05, 0) is 40.7 Å². The maximum Gasteiger partial charge on any atom is 0.410 e. The Kier molecular flexibility index (Phi) is 5.61. The normalized spacial score (nSPS) is 21.0. The van der Waals surface area contributed by atoms with Gasteiger partial charge < -0.3 is 9.64 Å². The second-order valence-electron chi connectivity index (χ2n) is 6.09. The lowest BCUT2D eigenvalue weighted by atomic mass is 10.1. The summed E-state index contributed by atoms with van der Waals surface area (Å²) >= 11 is 0. The SMILES string of the molecule is CC1CN(CCCC#N)CCN1C(=O)OC(C)(C)C. The van der Waals surface area contributed by atoms with Gasteiger partial charge in [-0.2, -0.15) is 5.26 Å². The van der Waals surface area contributed by atoms with Crippen molar-refractivity contribution < 1.29 is 9.53 Å². The zero-order chi connectivity index (χ0) is 14.5. The lowest BCUT2D eigenvalue weighted by molar-refractivity contribution is 0.00145. The van der Waals surface area contributed by atoms with Crippen LogP contribution in [0.25, 0.3) is 0 Å². The third-order valence-corrected chi connectivity index (χ3v) is 3.10. The molecule has 5 heteroatoms. The maximum absolute atomic E-state index is 12.0. The van der Waals surface area contributed by atoms with E-state index in [1.165, 1.54) is 0 Å². The lowest BCUT2D eigenvalue weighted by Crippen LogP contribution is -2.55. The standard InChI is InChI=1S/C14H25N3O2/c1-12-11-16(8-6-5-7-15)9-10-17(12)13(18)19-14(2,3)4/h12H,5-6,8-11H2,1-4H3. The summed E-state index contributed by atoms with van der Waals surface area (Å²) in [6, 6.07) is 2.32.